The Morgan fingerprint density at radius 2 is 1.66 bits per heavy atom. The maximum atomic E-state index is 12.8. The molecule has 0 saturated carbocycles. The number of rotatable bonds is 6. The van der Waals surface area contributed by atoms with E-state index in [0.717, 1.165) is 0 Å². The lowest BCUT2D eigenvalue weighted by Gasteiger charge is -2.25. The first-order valence-electron chi connectivity index (χ1n) is 8.37. The van der Waals surface area contributed by atoms with Gasteiger partial charge in [0.15, 0.2) is 0 Å². The van der Waals surface area contributed by atoms with Crippen LogP contribution in [0.2, 0.25) is 0 Å². The standard InChI is InChI=1S/C18H13F4N5O2/c19-16(20)28-11-7-5-10(6-8-11)13-9-14(27-18(23-13)24-25-26-27)12-3-1-2-4-15(12)29-17(21)22/h1-9,14,16-17H,(H,23,24,26)/t14-/m0/s1. The number of aromatic nitrogens is 4. The molecular weight excluding hydrogens is 394 g/mol. The smallest absolute Gasteiger partial charge is 0.387 e. The molecule has 11 heteroatoms. The third-order valence-corrected chi connectivity index (χ3v) is 4.17. The summed E-state index contributed by atoms with van der Waals surface area (Å²) in [6.07, 6.45) is 1.72. The van der Waals surface area contributed by atoms with Gasteiger partial charge in [0.25, 0.3) is 0 Å². The molecule has 3 aromatic rings. The normalized spacial score (nSPS) is 15.7. The fourth-order valence-corrected chi connectivity index (χ4v) is 2.99. The molecule has 2 aromatic carbocycles. The van der Waals surface area contributed by atoms with E-state index >= 15 is 0 Å². The van der Waals surface area contributed by atoms with Crippen LogP contribution in [0.3, 0.4) is 0 Å². The van der Waals surface area contributed by atoms with Gasteiger partial charge in [0.05, 0.1) is 0 Å². The van der Waals surface area contributed by atoms with E-state index in [1.807, 2.05) is 0 Å². The minimum atomic E-state index is -2.99. The summed E-state index contributed by atoms with van der Waals surface area (Å²) >= 11 is 0. The number of ether oxygens (including phenoxy) is 2. The number of alkyl halides is 4. The number of benzene rings is 2. The van der Waals surface area contributed by atoms with Gasteiger partial charge in [-0.25, -0.2) is 0 Å². The lowest BCUT2D eigenvalue weighted by Crippen LogP contribution is -2.21. The molecule has 0 unspecified atom stereocenters. The molecule has 0 fully saturated rings. The Kier molecular flexibility index (Phi) is 5.02. The number of tetrazole rings is 1. The summed E-state index contributed by atoms with van der Waals surface area (Å²) in [7, 11) is 0. The summed E-state index contributed by atoms with van der Waals surface area (Å²) in [4.78, 5) is 0. The van der Waals surface area contributed by atoms with E-state index < -0.39 is 19.3 Å². The van der Waals surface area contributed by atoms with E-state index in [1.165, 1.54) is 22.9 Å². The first-order valence-corrected chi connectivity index (χ1v) is 8.37. The number of allylic oxidation sites excluding steroid dienone is 1. The van der Waals surface area contributed by atoms with E-state index in [2.05, 4.69) is 30.3 Å². The van der Waals surface area contributed by atoms with Crippen molar-refractivity contribution < 1.29 is 27.0 Å². The average Bonchev–Trinajstić information content (AvgIpc) is 3.16. The van der Waals surface area contributed by atoms with E-state index in [9.17, 15) is 17.6 Å². The fourth-order valence-electron chi connectivity index (χ4n) is 2.99. The van der Waals surface area contributed by atoms with Crippen molar-refractivity contribution in [2.75, 3.05) is 5.32 Å². The van der Waals surface area contributed by atoms with Crippen molar-refractivity contribution in [1.29, 1.82) is 0 Å². The monoisotopic (exact) mass is 407 g/mol. The molecule has 2 heterocycles. The zero-order valence-corrected chi connectivity index (χ0v) is 14.5. The van der Waals surface area contributed by atoms with Gasteiger partial charge >= 0.3 is 13.2 Å². The number of anilines is 1. The highest BCUT2D eigenvalue weighted by Gasteiger charge is 2.27. The molecule has 0 bridgehead atoms. The summed E-state index contributed by atoms with van der Waals surface area (Å²) in [6.45, 7) is -5.91. The number of fused-ring (bicyclic) bond motifs is 1. The van der Waals surface area contributed by atoms with Crippen LogP contribution in [0.1, 0.15) is 17.2 Å². The SMILES string of the molecule is FC(F)Oc1ccc(C2=C[C@@H](c3ccccc3OC(F)F)n3nnnc3N2)cc1. The minimum Gasteiger partial charge on any atom is -0.435 e. The second kappa shape index (κ2) is 7.78. The fraction of sp³-hybridized carbons (Fsp3) is 0.167. The Bertz CT molecular complexity index is 1020. The molecule has 0 saturated heterocycles. The van der Waals surface area contributed by atoms with Gasteiger partial charge < -0.3 is 14.8 Å². The van der Waals surface area contributed by atoms with Crippen LogP contribution in [-0.4, -0.2) is 33.4 Å². The molecule has 1 aliphatic heterocycles. The van der Waals surface area contributed by atoms with Crippen LogP contribution in [0.15, 0.2) is 54.6 Å². The van der Waals surface area contributed by atoms with Gasteiger partial charge in [0.1, 0.15) is 17.5 Å². The highest BCUT2D eigenvalue weighted by atomic mass is 19.3. The molecule has 0 radical (unpaired) electrons. The third-order valence-electron chi connectivity index (χ3n) is 4.17. The molecule has 1 aliphatic rings. The van der Waals surface area contributed by atoms with Gasteiger partial charge in [-0.3, -0.25) is 0 Å². The van der Waals surface area contributed by atoms with Crippen LogP contribution in [-0.2, 0) is 0 Å². The quantitative estimate of drug-likeness (QED) is 0.624. The number of nitrogens with zero attached hydrogens (tertiary/aromatic N) is 4. The molecule has 1 atom stereocenters. The number of halogens is 4. The Morgan fingerprint density at radius 3 is 2.38 bits per heavy atom. The topological polar surface area (TPSA) is 74.1 Å². The summed E-state index contributed by atoms with van der Waals surface area (Å²) in [5, 5.41) is 14.4. The summed E-state index contributed by atoms with van der Waals surface area (Å²) in [6, 6.07) is 11.6. The first kappa shape index (κ1) is 18.7. The molecule has 4 rings (SSSR count). The van der Waals surface area contributed by atoms with Crippen molar-refractivity contribution in [2.24, 2.45) is 0 Å². The summed E-state index contributed by atoms with van der Waals surface area (Å²) in [5.74, 6) is 0.289. The van der Waals surface area contributed by atoms with E-state index in [4.69, 9.17) is 0 Å². The number of para-hydroxylation sites is 1. The molecule has 0 spiro atoms. The number of nitrogens with one attached hydrogen (secondary N) is 1. The third kappa shape index (κ3) is 3.98. The van der Waals surface area contributed by atoms with Crippen LogP contribution < -0.4 is 14.8 Å². The Balaban J connectivity index is 1.72. The molecular formula is C18H13F4N5O2. The van der Waals surface area contributed by atoms with Gasteiger partial charge in [-0.2, -0.15) is 22.2 Å². The largest absolute Gasteiger partial charge is 0.435 e. The Hall–Kier alpha value is -3.63. The summed E-state index contributed by atoms with van der Waals surface area (Å²) < 4.78 is 60.7. The van der Waals surface area contributed by atoms with Crippen molar-refractivity contribution in [1.82, 2.24) is 20.2 Å². The van der Waals surface area contributed by atoms with Gasteiger partial charge in [-0.1, -0.05) is 23.3 Å². The zero-order chi connectivity index (χ0) is 20.4. The van der Waals surface area contributed by atoms with Crippen molar-refractivity contribution in [3.8, 4) is 11.5 Å². The molecule has 0 amide bonds. The Labute approximate surface area is 161 Å². The zero-order valence-electron chi connectivity index (χ0n) is 14.5. The van der Waals surface area contributed by atoms with Crippen LogP contribution in [0.4, 0.5) is 23.5 Å². The van der Waals surface area contributed by atoms with Crippen LogP contribution in [0.5, 0.6) is 11.5 Å². The predicted molar refractivity (Wildman–Crippen MR) is 93.7 cm³/mol. The molecule has 0 aliphatic carbocycles. The van der Waals surface area contributed by atoms with Crippen LogP contribution >= 0.6 is 0 Å². The molecule has 1 N–H and O–H groups in total. The van der Waals surface area contributed by atoms with Crippen molar-refractivity contribution in [3.63, 3.8) is 0 Å². The van der Waals surface area contributed by atoms with E-state index in [-0.39, 0.29) is 17.4 Å². The minimum absolute atomic E-state index is 0.00729. The lowest BCUT2D eigenvalue weighted by atomic mass is 10.0. The van der Waals surface area contributed by atoms with E-state index in [0.29, 0.717) is 16.8 Å². The van der Waals surface area contributed by atoms with Gasteiger partial charge in [-0.05, 0) is 52.4 Å². The van der Waals surface area contributed by atoms with Gasteiger partial charge in [0, 0.05) is 11.3 Å². The van der Waals surface area contributed by atoms with Crippen LogP contribution in [0.25, 0.3) is 5.70 Å². The van der Waals surface area contributed by atoms with Gasteiger partial charge in [0.2, 0.25) is 5.95 Å². The lowest BCUT2D eigenvalue weighted by molar-refractivity contribution is -0.0510. The molecule has 150 valence electrons. The van der Waals surface area contributed by atoms with Crippen molar-refractivity contribution in [2.45, 2.75) is 19.3 Å². The van der Waals surface area contributed by atoms with Crippen molar-refractivity contribution >= 4 is 11.6 Å². The second-order valence-corrected chi connectivity index (χ2v) is 5.92. The maximum absolute atomic E-state index is 12.8. The second-order valence-electron chi connectivity index (χ2n) is 5.92. The number of hydrogen-bond acceptors (Lipinski definition) is 6. The van der Waals surface area contributed by atoms with Gasteiger partial charge in [-0.15, -0.1) is 0 Å². The van der Waals surface area contributed by atoms with Crippen LogP contribution in [0, 0.1) is 0 Å². The first-order chi connectivity index (χ1) is 14.0. The maximum Gasteiger partial charge on any atom is 0.387 e. The average molecular weight is 407 g/mol. The van der Waals surface area contributed by atoms with E-state index in [1.54, 1.807) is 36.4 Å². The summed E-state index contributed by atoms with van der Waals surface area (Å²) in [5.41, 5.74) is 1.63. The Morgan fingerprint density at radius 1 is 0.931 bits per heavy atom. The molecule has 7 nitrogen and oxygen atoms in total. The highest BCUT2D eigenvalue weighted by Crippen LogP contribution is 2.36. The van der Waals surface area contributed by atoms with Crippen molar-refractivity contribution in [3.05, 3.63) is 65.7 Å². The highest BCUT2D eigenvalue weighted by molar-refractivity contribution is 5.77. The number of hydrogen-bond donors (Lipinski definition) is 1. The predicted octanol–water partition coefficient (Wildman–Crippen LogP) is 3.93. The molecule has 1 aromatic heterocycles. The molecule has 29 heavy (non-hydrogen) atoms.